The molecule has 0 atom stereocenters. The Bertz CT molecular complexity index is 637. The molecule has 2 heteroatoms. The van der Waals surface area contributed by atoms with Gasteiger partial charge in [0.2, 0.25) is 0 Å². The molecule has 0 saturated carbocycles. The Morgan fingerprint density at radius 1 is 0.905 bits per heavy atom. The normalized spacial score (nSPS) is 11.1. The highest BCUT2D eigenvalue weighted by atomic mass is 16.1. The second kappa shape index (κ2) is 7.25. The van der Waals surface area contributed by atoms with Crippen LogP contribution in [-0.4, -0.2) is 19.9 Å². The van der Waals surface area contributed by atoms with Crippen LogP contribution in [-0.2, 0) is 0 Å². The molecule has 0 aliphatic heterocycles. The number of hydrogen-bond donors (Lipinski definition) is 0. The number of allylic oxidation sites excluding steroid dienone is 3. The molecule has 0 bridgehead atoms. The maximum atomic E-state index is 11.8. The van der Waals surface area contributed by atoms with Crippen LogP contribution in [0.15, 0.2) is 72.8 Å². The van der Waals surface area contributed by atoms with E-state index in [0.29, 0.717) is 5.56 Å². The Morgan fingerprint density at radius 2 is 1.57 bits per heavy atom. The summed E-state index contributed by atoms with van der Waals surface area (Å²) in [6.45, 7) is 0. The van der Waals surface area contributed by atoms with Gasteiger partial charge in [-0.3, -0.25) is 4.79 Å². The molecule has 2 nitrogen and oxygen atoms in total. The lowest BCUT2D eigenvalue weighted by Crippen LogP contribution is -2.07. The van der Waals surface area contributed by atoms with E-state index in [9.17, 15) is 4.79 Å². The zero-order chi connectivity index (χ0) is 15.1. The lowest BCUT2D eigenvalue weighted by molar-refractivity contribution is 0.104. The van der Waals surface area contributed by atoms with Crippen LogP contribution in [0, 0.1) is 0 Å². The van der Waals surface area contributed by atoms with Crippen molar-refractivity contribution in [3.05, 3.63) is 84.0 Å². The molecule has 0 N–H and O–H groups in total. The Hall–Kier alpha value is -2.61. The maximum absolute atomic E-state index is 11.8. The van der Waals surface area contributed by atoms with E-state index < -0.39 is 0 Å². The fourth-order valence-corrected chi connectivity index (χ4v) is 1.89. The first kappa shape index (κ1) is 14.8. The molecular formula is C19H19NO. The van der Waals surface area contributed by atoms with E-state index in [1.54, 1.807) is 12.2 Å². The van der Waals surface area contributed by atoms with Gasteiger partial charge in [-0.05, 0) is 23.8 Å². The Labute approximate surface area is 126 Å². The summed E-state index contributed by atoms with van der Waals surface area (Å²) in [7, 11) is 4.03. The van der Waals surface area contributed by atoms with Gasteiger partial charge in [0.25, 0.3) is 0 Å². The smallest absolute Gasteiger partial charge is 0.185 e. The van der Waals surface area contributed by atoms with Crippen LogP contribution in [0.4, 0.5) is 5.69 Å². The van der Waals surface area contributed by atoms with Crippen molar-refractivity contribution in [3.8, 4) is 0 Å². The van der Waals surface area contributed by atoms with Crippen molar-refractivity contribution in [2.24, 2.45) is 0 Å². The predicted octanol–water partition coefficient (Wildman–Crippen LogP) is 4.20. The van der Waals surface area contributed by atoms with Gasteiger partial charge in [0.05, 0.1) is 0 Å². The SMILES string of the molecule is CN(C)c1ccc(C=CC=CC(=O)c2ccccc2)cc1. The summed E-state index contributed by atoms with van der Waals surface area (Å²) >= 11 is 0. The van der Waals surface area contributed by atoms with E-state index in [-0.39, 0.29) is 5.78 Å². The molecule has 21 heavy (non-hydrogen) atoms. The van der Waals surface area contributed by atoms with Crippen molar-refractivity contribution in [2.45, 2.75) is 0 Å². The van der Waals surface area contributed by atoms with Crippen molar-refractivity contribution < 1.29 is 4.79 Å². The van der Waals surface area contributed by atoms with Gasteiger partial charge >= 0.3 is 0 Å². The average Bonchev–Trinajstić information content (AvgIpc) is 2.52. The van der Waals surface area contributed by atoms with Crippen LogP contribution in [0.3, 0.4) is 0 Å². The van der Waals surface area contributed by atoms with Gasteiger partial charge in [-0.25, -0.2) is 0 Å². The topological polar surface area (TPSA) is 20.3 Å². The van der Waals surface area contributed by atoms with Crippen LogP contribution in [0.5, 0.6) is 0 Å². The predicted molar refractivity (Wildman–Crippen MR) is 89.7 cm³/mol. The van der Waals surface area contributed by atoms with Gasteiger partial charge in [-0.1, -0.05) is 60.7 Å². The number of carbonyl (C=O) groups excluding carboxylic acids is 1. The fourth-order valence-electron chi connectivity index (χ4n) is 1.89. The molecular weight excluding hydrogens is 258 g/mol. The molecule has 0 aliphatic rings. The van der Waals surface area contributed by atoms with E-state index >= 15 is 0 Å². The molecule has 0 saturated heterocycles. The molecule has 0 heterocycles. The monoisotopic (exact) mass is 277 g/mol. The van der Waals surface area contributed by atoms with Crippen molar-refractivity contribution >= 4 is 17.5 Å². The Balaban J connectivity index is 1.96. The summed E-state index contributed by atoms with van der Waals surface area (Å²) < 4.78 is 0. The summed E-state index contributed by atoms with van der Waals surface area (Å²) in [6.07, 6.45) is 7.22. The molecule has 0 radical (unpaired) electrons. The number of nitrogens with zero attached hydrogens (tertiary/aromatic N) is 1. The second-order valence-corrected chi connectivity index (χ2v) is 4.93. The van der Waals surface area contributed by atoms with Gasteiger partial charge in [-0.15, -0.1) is 0 Å². The van der Waals surface area contributed by atoms with Gasteiger partial charge in [0, 0.05) is 25.3 Å². The third-order valence-electron chi connectivity index (χ3n) is 3.12. The molecule has 0 aliphatic carbocycles. The molecule has 2 aromatic carbocycles. The molecule has 2 rings (SSSR count). The fraction of sp³-hybridized carbons (Fsp3) is 0.105. The first-order chi connectivity index (χ1) is 10.2. The standard InChI is InChI=1S/C19H19NO/c1-20(2)18-14-12-16(13-15-18)8-6-7-11-19(21)17-9-4-3-5-10-17/h3-15H,1-2H3. The van der Waals surface area contributed by atoms with Crippen molar-refractivity contribution in [2.75, 3.05) is 19.0 Å². The minimum atomic E-state index is 0.0169. The van der Waals surface area contributed by atoms with E-state index in [1.165, 1.54) is 5.69 Å². The number of rotatable bonds is 5. The van der Waals surface area contributed by atoms with Gasteiger partial charge < -0.3 is 4.90 Å². The van der Waals surface area contributed by atoms with E-state index in [4.69, 9.17) is 0 Å². The number of anilines is 1. The summed E-state index contributed by atoms with van der Waals surface area (Å²) in [5.41, 5.74) is 2.98. The highest BCUT2D eigenvalue weighted by Gasteiger charge is 1.97. The highest BCUT2D eigenvalue weighted by molar-refractivity contribution is 6.04. The zero-order valence-electron chi connectivity index (χ0n) is 12.4. The summed E-state index contributed by atoms with van der Waals surface area (Å²) in [6, 6.07) is 17.5. The van der Waals surface area contributed by atoms with E-state index in [2.05, 4.69) is 29.2 Å². The van der Waals surface area contributed by atoms with Crippen LogP contribution in [0.1, 0.15) is 15.9 Å². The largest absolute Gasteiger partial charge is 0.378 e. The number of carbonyl (C=O) groups is 1. The van der Waals surface area contributed by atoms with Crippen molar-refractivity contribution in [3.63, 3.8) is 0 Å². The number of benzene rings is 2. The molecule has 0 amide bonds. The van der Waals surface area contributed by atoms with Crippen molar-refractivity contribution in [1.82, 2.24) is 0 Å². The summed E-state index contributed by atoms with van der Waals surface area (Å²) in [4.78, 5) is 13.9. The lowest BCUT2D eigenvalue weighted by Gasteiger charge is -2.11. The van der Waals surface area contributed by atoms with Gasteiger partial charge in [-0.2, -0.15) is 0 Å². The molecule has 106 valence electrons. The number of hydrogen-bond acceptors (Lipinski definition) is 2. The lowest BCUT2D eigenvalue weighted by atomic mass is 10.1. The third-order valence-corrected chi connectivity index (χ3v) is 3.12. The van der Waals surface area contributed by atoms with Crippen LogP contribution < -0.4 is 4.90 Å². The minimum Gasteiger partial charge on any atom is -0.378 e. The summed E-state index contributed by atoms with van der Waals surface area (Å²) in [5.74, 6) is 0.0169. The highest BCUT2D eigenvalue weighted by Crippen LogP contribution is 2.13. The minimum absolute atomic E-state index is 0.0169. The van der Waals surface area contributed by atoms with Crippen LogP contribution in [0.25, 0.3) is 6.08 Å². The molecule has 0 aromatic heterocycles. The van der Waals surface area contributed by atoms with Gasteiger partial charge in [0.1, 0.15) is 0 Å². The first-order valence-corrected chi connectivity index (χ1v) is 6.88. The first-order valence-electron chi connectivity index (χ1n) is 6.88. The van der Waals surface area contributed by atoms with Crippen LogP contribution in [0.2, 0.25) is 0 Å². The molecule has 0 fully saturated rings. The Kier molecular flexibility index (Phi) is 5.10. The quantitative estimate of drug-likeness (QED) is 0.463. The summed E-state index contributed by atoms with van der Waals surface area (Å²) in [5, 5.41) is 0. The van der Waals surface area contributed by atoms with Crippen molar-refractivity contribution in [1.29, 1.82) is 0 Å². The van der Waals surface area contributed by atoms with E-state index in [0.717, 1.165) is 5.56 Å². The third kappa shape index (κ3) is 4.46. The molecule has 0 unspecified atom stereocenters. The maximum Gasteiger partial charge on any atom is 0.185 e. The average molecular weight is 277 g/mol. The van der Waals surface area contributed by atoms with Crippen LogP contribution >= 0.6 is 0 Å². The van der Waals surface area contributed by atoms with E-state index in [1.807, 2.05) is 56.6 Å². The second-order valence-electron chi connectivity index (χ2n) is 4.93. The number of ketones is 1. The molecule has 0 spiro atoms. The zero-order valence-corrected chi connectivity index (χ0v) is 12.4. The molecule has 2 aromatic rings. The van der Waals surface area contributed by atoms with Gasteiger partial charge in [0.15, 0.2) is 5.78 Å². The Morgan fingerprint density at radius 3 is 2.19 bits per heavy atom.